The maximum Gasteiger partial charge on any atom is 0.150 e. The monoisotopic (exact) mass is 307 g/mol. The molecule has 3 N–H and O–H groups in total. The highest BCUT2D eigenvalue weighted by atomic mass is 79.9. The molecule has 0 aliphatic rings. The lowest BCUT2D eigenvalue weighted by molar-refractivity contribution is 0.299. The molecule has 0 aliphatic carbocycles. The molecule has 0 amide bonds. The van der Waals surface area contributed by atoms with Crippen LogP contribution < -0.4 is 10.5 Å². The third kappa shape index (κ3) is 3.24. The molecule has 0 spiro atoms. The summed E-state index contributed by atoms with van der Waals surface area (Å²) in [6.45, 7) is 0.153. The Morgan fingerprint density at radius 3 is 2.44 bits per heavy atom. The number of hydrogen-bond acceptors (Lipinski definition) is 3. The van der Waals surface area contributed by atoms with Crippen LogP contribution in [-0.2, 0) is 6.42 Å². The van der Waals surface area contributed by atoms with Gasteiger partial charge in [-0.2, -0.15) is 0 Å². The highest BCUT2D eigenvalue weighted by molar-refractivity contribution is 9.10. The van der Waals surface area contributed by atoms with Crippen LogP contribution >= 0.6 is 15.9 Å². The smallest absolute Gasteiger partial charge is 0.150 e. The Bertz CT molecular complexity index is 526. The summed E-state index contributed by atoms with van der Waals surface area (Å²) in [6, 6.07) is 13.1. The summed E-state index contributed by atoms with van der Waals surface area (Å²) in [4.78, 5) is 0. The molecule has 3 nitrogen and oxygen atoms in total. The molecule has 0 unspecified atom stereocenters. The standard InChI is InChI=1S/C14H14BrNO2/c15-11-3-6-14(13(16)9-11)18-12-4-1-10(2-5-12)7-8-17/h1-6,9,17H,7-8,16H2. The van der Waals surface area contributed by atoms with Gasteiger partial charge in [-0.25, -0.2) is 0 Å². The molecule has 0 atom stereocenters. The Balaban J connectivity index is 2.13. The molecule has 18 heavy (non-hydrogen) atoms. The van der Waals surface area contributed by atoms with Gasteiger partial charge in [0.1, 0.15) is 11.5 Å². The van der Waals surface area contributed by atoms with Gasteiger partial charge in [0.25, 0.3) is 0 Å². The van der Waals surface area contributed by atoms with E-state index < -0.39 is 0 Å². The van der Waals surface area contributed by atoms with E-state index in [4.69, 9.17) is 15.6 Å². The van der Waals surface area contributed by atoms with E-state index in [1.165, 1.54) is 0 Å². The molecule has 2 aromatic carbocycles. The van der Waals surface area contributed by atoms with Crippen molar-refractivity contribution in [1.82, 2.24) is 0 Å². The molecule has 2 rings (SSSR count). The summed E-state index contributed by atoms with van der Waals surface area (Å²) in [6.07, 6.45) is 0.653. The molecule has 0 aliphatic heterocycles. The molecule has 94 valence electrons. The number of halogens is 1. The van der Waals surface area contributed by atoms with Gasteiger partial charge < -0.3 is 15.6 Å². The zero-order valence-electron chi connectivity index (χ0n) is 9.77. The summed E-state index contributed by atoms with van der Waals surface area (Å²) in [5.41, 5.74) is 7.52. The molecule has 0 bridgehead atoms. The summed E-state index contributed by atoms with van der Waals surface area (Å²) < 4.78 is 6.61. The van der Waals surface area contributed by atoms with E-state index in [2.05, 4.69) is 15.9 Å². The Morgan fingerprint density at radius 1 is 1.11 bits per heavy atom. The first-order chi connectivity index (χ1) is 8.69. The lowest BCUT2D eigenvalue weighted by Gasteiger charge is -2.09. The Kier molecular flexibility index (Phi) is 4.23. The highest BCUT2D eigenvalue weighted by Crippen LogP contribution is 2.29. The third-order valence-corrected chi connectivity index (χ3v) is 3.02. The Labute approximate surface area is 114 Å². The lowest BCUT2D eigenvalue weighted by Crippen LogP contribution is -1.93. The number of anilines is 1. The van der Waals surface area contributed by atoms with Crippen LogP contribution in [0.2, 0.25) is 0 Å². The van der Waals surface area contributed by atoms with E-state index in [9.17, 15) is 0 Å². The Morgan fingerprint density at radius 2 is 1.83 bits per heavy atom. The number of nitrogen functional groups attached to an aromatic ring is 1. The molecule has 0 radical (unpaired) electrons. The van der Waals surface area contributed by atoms with Crippen molar-refractivity contribution in [3.8, 4) is 11.5 Å². The third-order valence-electron chi connectivity index (χ3n) is 2.52. The van der Waals surface area contributed by atoms with Crippen LogP contribution in [0.5, 0.6) is 11.5 Å². The van der Waals surface area contributed by atoms with Gasteiger partial charge in [-0.05, 0) is 42.3 Å². The van der Waals surface area contributed by atoms with E-state index in [1.807, 2.05) is 36.4 Å². The van der Waals surface area contributed by atoms with Crippen molar-refractivity contribution in [2.24, 2.45) is 0 Å². The second kappa shape index (κ2) is 5.89. The minimum absolute atomic E-state index is 0.153. The van der Waals surface area contributed by atoms with Crippen LogP contribution in [0.25, 0.3) is 0 Å². The number of benzene rings is 2. The van der Waals surface area contributed by atoms with Gasteiger partial charge in [0, 0.05) is 11.1 Å². The van der Waals surface area contributed by atoms with Gasteiger partial charge >= 0.3 is 0 Å². The van der Waals surface area contributed by atoms with Crippen LogP contribution in [0.15, 0.2) is 46.9 Å². The quantitative estimate of drug-likeness (QED) is 0.852. The minimum atomic E-state index is 0.153. The van der Waals surface area contributed by atoms with Gasteiger partial charge in [0.05, 0.1) is 5.69 Å². The minimum Gasteiger partial charge on any atom is -0.455 e. The number of nitrogens with two attached hydrogens (primary N) is 1. The predicted octanol–water partition coefficient (Wildman–Crippen LogP) is 3.36. The van der Waals surface area contributed by atoms with Crippen LogP contribution in [-0.4, -0.2) is 11.7 Å². The van der Waals surface area contributed by atoms with Crippen molar-refractivity contribution in [1.29, 1.82) is 0 Å². The summed E-state index contributed by atoms with van der Waals surface area (Å²) in [5, 5.41) is 8.83. The van der Waals surface area contributed by atoms with Crippen LogP contribution in [0, 0.1) is 0 Å². The van der Waals surface area contributed by atoms with Gasteiger partial charge in [-0.15, -0.1) is 0 Å². The summed E-state index contributed by atoms with van der Waals surface area (Å²) in [7, 11) is 0. The fourth-order valence-corrected chi connectivity index (χ4v) is 1.97. The largest absolute Gasteiger partial charge is 0.455 e. The Hall–Kier alpha value is -1.52. The fourth-order valence-electron chi connectivity index (χ4n) is 1.59. The lowest BCUT2D eigenvalue weighted by atomic mass is 10.1. The van der Waals surface area contributed by atoms with Crippen LogP contribution in [0.3, 0.4) is 0 Å². The van der Waals surface area contributed by atoms with Gasteiger partial charge in [0.2, 0.25) is 0 Å². The van der Waals surface area contributed by atoms with Gasteiger partial charge in [0.15, 0.2) is 0 Å². The van der Waals surface area contributed by atoms with Gasteiger partial charge in [-0.3, -0.25) is 0 Å². The highest BCUT2D eigenvalue weighted by Gasteiger charge is 2.03. The van der Waals surface area contributed by atoms with E-state index in [0.29, 0.717) is 17.9 Å². The van der Waals surface area contributed by atoms with E-state index in [-0.39, 0.29) is 6.61 Å². The first-order valence-corrected chi connectivity index (χ1v) is 6.41. The number of hydrogen-bond donors (Lipinski definition) is 2. The molecule has 0 saturated heterocycles. The van der Waals surface area contributed by atoms with Crippen molar-refractivity contribution in [2.45, 2.75) is 6.42 Å². The number of aliphatic hydroxyl groups is 1. The second-order valence-electron chi connectivity index (χ2n) is 3.90. The molecule has 0 aromatic heterocycles. The molecule has 4 heteroatoms. The number of ether oxygens (including phenoxy) is 1. The zero-order chi connectivity index (χ0) is 13.0. The maximum atomic E-state index is 8.83. The van der Waals surface area contributed by atoms with E-state index in [0.717, 1.165) is 15.8 Å². The first kappa shape index (κ1) is 12.9. The second-order valence-corrected chi connectivity index (χ2v) is 4.82. The van der Waals surface area contributed by atoms with Crippen LogP contribution in [0.4, 0.5) is 5.69 Å². The summed E-state index contributed by atoms with van der Waals surface area (Å²) in [5.74, 6) is 1.36. The average Bonchev–Trinajstić information content (AvgIpc) is 2.35. The number of aliphatic hydroxyl groups excluding tert-OH is 1. The zero-order valence-corrected chi connectivity index (χ0v) is 11.4. The normalized spacial score (nSPS) is 10.3. The molecule has 0 saturated carbocycles. The average molecular weight is 308 g/mol. The van der Waals surface area contributed by atoms with Crippen molar-refractivity contribution in [3.05, 3.63) is 52.5 Å². The first-order valence-electron chi connectivity index (χ1n) is 5.62. The van der Waals surface area contributed by atoms with Gasteiger partial charge in [-0.1, -0.05) is 28.1 Å². The van der Waals surface area contributed by atoms with Crippen molar-refractivity contribution >= 4 is 21.6 Å². The predicted molar refractivity (Wildman–Crippen MR) is 75.9 cm³/mol. The van der Waals surface area contributed by atoms with Crippen LogP contribution in [0.1, 0.15) is 5.56 Å². The fraction of sp³-hybridized carbons (Fsp3) is 0.143. The molecular weight excluding hydrogens is 294 g/mol. The summed E-state index contributed by atoms with van der Waals surface area (Å²) >= 11 is 3.35. The van der Waals surface area contributed by atoms with Crippen molar-refractivity contribution < 1.29 is 9.84 Å². The molecule has 0 fully saturated rings. The topological polar surface area (TPSA) is 55.5 Å². The molecular formula is C14H14BrNO2. The molecule has 0 heterocycles. The van der Waals surface area contributed by atoms with E-state index >= 15 is 0 Å². The van der Waals surface area contributed by atoms with E-state index in [1.54, 1.807) is 6.07 Å². The van der Waals surface area contributed by atoms with Crippen molar-refractivity contribution in [3.63, 3.8) is 0 Å². The number of rotatable bonds is 4. The van der Waals surface area contributed by atoms with Crippen molar-refractivity contribution in [2.75, 3.05) is 12.3 Å². The maximum absolute atomic E-state index is 8.83. The molecule has 2 aromatic rings. The SMILES string of the molecule is Nc1cc(Br)ccc1Oc1ccc(CCO)cc1.